The molecule has 0 spiro atoms. The third kappa shape index (κ3) is 6.98. The average molecular weight is 515 g/mol. The highest BCUT2D eigenvalue weighted by molar-refractivity contribution is 14.0. The van der Waals surface area contributed by atoms with Gasteiger partial charge in [0.05, 0.1) is 19.0 Å². The minimum Gasteiger partial charge on any atom is -0.379 e. The number of morpholine rings is 1. The van der Waals surface area contributed by atoms with Crippen molar-refractivity contribution in [2.45, 2.75) is 31.7 Å². The number of ether oxygens (including phenoxy) is 1. The summed E-state index contributed by atoms with van der Waals surface area (Å²) in [6, 6.07) is 0.533. The van der Waals surface area contributed by atoms with Crippen molar-refractivity contribution < 1.29 is 13.2 Å². The Hall–Kier alpha value is -0.170. The zero-order chi connectivity index (χ0) is 18.4. The van der Waals surface area contributed by atoms with E-state index < -0.39 is 10.0 Å². The van der Waals surface area contributed by atoms with E-state index in [-0.39, 0.29) is 29.7 Å². The Labute approximate surface area is 180 Å². The van der Waals surface area contributed by atoms with Crippen LogP contribution in [0.15, 0.2) is 4.99 Å². The maximum Gasteiger partial charge on any atom is 0.213 e. The van der Waals surface area contributed by atoms with E-state index in [1.165, 1.54) is 6.42 Å². The molecule has 0 amide bonds. The van der Waals surface area contributed by atoms with Gasteiger partial charge < -0.3 is 15.0 Å². The van der Waals surface area contributed by atoms with Gasteiger partial charge in [0.2, 0.25) is 10.0 Å². The summed E-state index contributed by atoms with van der Waals surface area (Å²) in [7, 11) is -1.46. The molecule has 3 rings (SSSR count). The van der Waals surface area contributed by atoms with E-state index in [2.05, 4.69) is 24.8 Å². The largest absolute Gasteiger partial charge is 0.379 e. The van der Waals surface area contributed by atoms with Crippen molar-refractivity contribution >= 4 is 40.0 Å². The van der Waals surface area contributed by atoms with Gasteiger partial charge >= 0.3 is 0 Å². The summed E-state index contributed by atoms with van der Waals surface area (Å²) >= 11 is 0. The normalized spacial score (nSPS) is 25.1. The van der Waals surface area contributed by atoms with Crippen molar-refractivity contribution in [3.05, 3.63) is 0 Å². The fourth-order valence-corrected chi connectivity index (χ4v) is 4.82. The summed E-state index contributed by atoms with van der Waals surface area (Å²) in [5.74, 6) is 1.42. The van der Waals surface area contributed by atoms with Gasteiger partial charge in [-0.3, -0.25) is 9.89 Å². The highest BCUT2D eigenvalue weighted by Crippen LogP contribution is 2.25. The molecule has 1 aliphatic carbocycles. The Morgan fingerprint density at radius 2 is 1.93 bits per heavy atom. The second-order valence-corrected chi connectivity index (χ2v) is 9.40. The first kappa shape index (κ1) is 23.1. The van der Waals surface area contributed by atoms with E-state index in [0.29, 0.717) is 25.0 Å². The topological polar surface area (TPSA) is 86.3 Å². The molecule has 2 saturated heterocycles. The zero-order valence-corrected chi connectivity index (χ0v) is 19.4. The Bertz CT molecular complexity index is 579. The van der Waals surface area contributed by atoms with Crippen LogP contribution in [0.5, 0.6) is 0 Å². The number of likely N-dealkylation sites (tertiary alicyclic amines) is 1. The van der Waals surface area contributed by atoms with Crippen LogP contribution >= 0.6 is 24.0 Å². The highest BCUT2D eigenvalue weighted by atomic mass is 127. The van der Waals surface area contributed by atoms with E-state index in [1.54, 1.807) is 7.05 Å². The molecule has 1 saturated carbocycles. The summed E-state index contributed by atoms with van der Waals surface area (Å²) < 4.78 is 32.4. The van der Waals surface area contributed by atoms with Crippen LogP contribution < -0.4 is 10.0 Å². The van der Waals surface area contributed by atoms with Crippen molar-refractivity contribution in [1.29, 1.82) is 0 Å². The third-order valence-corrected chi connectivity index (χ3v) is 7.06. The number of hydrogen-bond donors (Lipinski definition) is 2. The standard InChI is InChI=1S/C17H33N5O3S.HI/c1-18-17(19-6-12-26(23,24)20-13-15-3-2-4-15)22-7-5-16(14-22)21-8-10-25-11-9-21;/h15-16,20H,2-14H2,1H3,(H,18,19);1H. The molecule has 2 N–H and O–H groups in total. The molecule has 8 nitrogen and oxygen atoms in total. The molecule has 0 aromatic carbocycles. The van der Waals surface area contributed by atoms with Gasteiger partial charge in [0.1, 0.15) is 0 Å². The fourth-order valence-electron chi connectivity index (χ4n) is 3.82. The summed E-state index contributed by atoms with van der Waals surface area (Å²) in [6.07, 6.45) is 4.63. The van der Waals surface area contributed by atoms with E-state index in [1.807, 2.05) is 0 Å². The van der Waals surface area contributed by atoms with E-state index in [0.717, 1.165) is 64.6 Å². The van der Waals surface area contributed by atoms with Gasteiger partial charge in [-0.1, -0.05) is 6.42 Å². The molecule has 2 heterocycles. The minimum atomic E-state index is -3.22. The van der Waals surface area contributed by atoms with Crippen LogP contribution in [0.4, 0.5) is 0 Å². The number of halogens is 1. The van der Waals surface area contributed by atoms with Gasteiger partial charge in [-0.2, -0.15) is 0 Å². The molecule has 10 heteroatoms. The van der Waals surface area contributed by atoms with Crippen LogP contribution in [0, 0.1) is 5.92 Å². The van der Waals surface area contributed by atoms with Crippen molar-refractivity contribution in [3.8, 4) is 0 Å². The molecule has 1 unspecified atom stereocenters. The SMILES string of the molecule is CN=C(NCCS(=O)(=O)NCC1CCC1)N1CCC(N2CCOCC2)C1.I. The molecule has 1 atom stereocenters. The first-order chi connectivity index (χ1) is 12.6. The van der Waals surface area contributed by atoms with Crippen molar-refractivity contribution in [1.82, 2.24) is 19.8 Å². The van der Waals surface area contributed by atoms with Crippen LogP contribution in [0.2, 0.25) is 0 Å². The molecule has 2 aliphatic heterocycles. The Kier molecular flexibility index (Phi) is 9.53. The number of nitrogens with zero attached hydrogens (tertiary/aromatic N) is 3. The molecule has 0 bridgehead atoms. The first-order valence-electron chi connectivity index (χ1n) is 9.82. The average Bonchev–Trinajstić information content (AvgIpc) is 3.08. The predicted molar refractivity (Wildman–Crippen MR) is 118 cm³/mol. The van der Waals surface area contributed by atoms with Gasteiger partial charge in [0, 0.05) is 52.4 Å². The number of nitrogens with one attached hydrogen (secondary N) is 2. The van der Waals surface area contributed by atoms with Crippen molar-refractivity contribution in [2.24, 2.45) is 10.9 Å². The molecule has 0 radical (unpaired) electrons. The van der Waals surface area contributed by atoms with Crippen LogP contribution in [0.25, 0.3) is 0 Å². The summed E-state index contributed by atoms with van der Waals surface area (Å²) in [5.41, 5.74) is 0. The number of sulfonamides is 1. The second-order valence-electron chi connectivity index (χ2n) is 7.48. The summed E-state index contributed by atoms with van der Waals surface area (Å²) in [4.78, 5) is 9.06. The molecule has 27 heavy (non-hydrogen) atoms. The van der Waals surface area contributed by atoms with Crippen molar-refractivity contribution in [3.63, 3.8) is 0 Å². The second kappa shape index (κ2) is 11.1. The van der Waals surface area contributed by atoms with Crippen LogP contribution in [0.3, 0.4) is 0 Å². The number of aliphatic imine (C=N–C) groups is 1. The Morgan fingerprint density at radius 3 is 2.56 bits per heavy atom. The van der Waals surface area contributed by atoms with Gasteiger partial charge in [-0.15, -0.1) is 24.0 Å². The summed E-state index contributed by atoms with van der Waals surface area (Å²) in [5, 5.41) is 3.22. The third-order valence-electron chi connectivity index (χ3n) is 5.71. The lowest BCUT2D eigenvalue weighted by atomic mass is 9.86. The molecule has 0 aromatic rings. The van der Waals surface area contributed by atoms with E-state index in [4.69, 9.17) is 4.74 Å². The fraction of sp³-hybridized carbons (Fsp3) is 0.941. The zero-order valence-electron chi connectivity index (χ0n) is 16.2. The molecule has 3 aliphatic rings. The molecular formula is C17H34IN5O3S. The van der Waals surface area contributed by atoms with Crippen LogP contribution in [0.1, 0.15) is 25.7 Å². The maximum atomic E-state index is 12.1. The quantitative estimate of drug-likeness (QED) is 0.289. The number of guanidine groups is 1. The van der Waals surface area contributed by atoms with Crippen LogP contribution in [-0.2, 0) is 14.8 Å². The smallest absolute Gasteiger partial charge is 0.213 e. The lowest BCUT2D eigenvalue weighted by molar-refractivity contribution is 0.0195. The number of rotatable bonds is 7. The first-order valence-corrected chi connectivity index (χ1v) is 11.5. The lowest BCUT2D eigenvalue weighted by Crippen LogP contribution is -2.47. The minimum absolute atomic E-state index is 0. The van der Waals surface area contributed by atoms with Crippen LogP contribution in [-0.4, -0.2) is 95.5 Å². The molecule has 158 valence electrons. The van der Waals surface area contributed by atoms with E-state index >= 15 is 0 Å². The van der Waals surface area contributed by atoms with Gasteiger partial charge in [0.25, 0.3) is 0 Å². The molecular weight excluding hydrogens is 481 g/mol. The van der Waals surface area contributed by atoms with Gasteiger partial charge in [0.15, 0.2) is 5.96 Å². The van der Waals surface area contributed by atoms with E-state index in [9.17, 15) is 8.42 Å². The van der Waals surface area contributed by atoms with Gasteiger partial charge in [-0.25, -0.2) is 13.1 Å². The monoisotopic (exact) mass is 515 g/mol. The summed E-state index contributed by atoms with van der Waals surface area (Å²) in [6.45, 7) is 6.48. The highest BCUT2D eigenvalue weighted by Gasteiger charge is 2.30. The molecule has 3 fully saturated rings. The number of hydrogen-bond acceptors (Lipinski definition) is 5. The lowest BCUT2D eigenvalue weighted by Gasteiger charge is -2.32. The predicted octanol–water partition coefficient (Wildman–Crippen LogP) is 0.306. The molecule has 0 aromatic heterocycles. The van der Waals surface area contributed by atoms with Crippen molar-refractivity contribution in [2.75, 3.05) is 65.3 Å². The Balaban J connectivity index is 0.00000261. The van der Waals surface area contributed by atoms with Gasteiger partial charge in [-0.05, 0) is 25.2 Å². The Morgan fingerprint density at radius 1 is 1.19 bits per heavy atom. The maximum absolute atomic E-state index is 12.1.